The van der Waals surface area contributed by atoms with E-state index in [2.05, 4.69) is 4.72 Å². The number of ether oxygens (including phenoxy) is 2. The molecule has 1 saturated heterocycles. The van der Waals surface area contributed by atoms with Crippen LogP contribution in [0.3, 0.4) is 0 Å². The van der Waals surface area contributed by atoms with E-state index in [1.165, 1.54) is 33.1 Å². The van der Waals surface area contributed by atoms with E-state index >= 15 is 0 Å². The Bertz CT molecular complexity index is 1760. The van der Waals surface area contributed by atoms with E-state index in [-0.39, 0.29) is 44.2 Å². The Hall–Kier alpha value is -3.54. The molecule has 0 saturated carbocycles. The van der Waals surface area contributed by atoms with Crippen molar-refractivity contribution in [3.05, 3.63) is 59.8 Å². The van der Waals surface area contributed by atoms with Crippen LogP contribution in [0.15, 0.2) is 53.4 Å². The molecule has 1 aromatic heterocycles. The van der Waals surface area contributed by atoms with E-state index in [1.54, 1.807) is 38.1 Å². The third kappa shape index (κ3) is 8.19. The number of carbonyl (C=O) groups is 2. The molecular weight excluding hydrogens is 626 g/mol. The zero-order valence-electron chi connectivity index (χ0n) is 25.8. The maximum Gasteiger partial charge on any atom is 0.419 e. The Balaban J connectivity index is 1.43. The van der Waals surface area contributed by atoms with Crippen molar-refractivity contribution >= 4 is 42.9 Å². The number of para-hydroxylation sites is 1. The first-order chi connectivity index (χ1) is 21.0. The molecular formula is C29H39N5O9S2. The second-order valence-corrected chi connectivity index (χ2v) is 15.4. The molecule has 1 aliphatic rings. The highest BCUT2D eigenvalue weighted by Crippen LogP contribution is 2.28. The lowest BCUT2D eigenvalue weighted by Crippen LogP contribution is -2.58. The molecule has 3 aromatic rings. The van der Waals surface area contributed by atoms with Crippen LogP contribution in [-0.2, 0) is 36.2 Å². The summed E-state index contributed by atoms with van der Waals surface area (Å²) in [4.78, 5) is 26.9. The van der Waals surface area contributed by atoms with Crippen LogP contribution in [-0.4, -0.2) is 98.4 Å². The summed E-state index contributed by atoms with van der Waals surface area (Å²) in [6.07, 6.45) is 0.594. The number of benzene rings is 2. The predicted octanol–water partition coefficient (Wildman–Crippen LogP) is 2.04. The number of piperazine rings is 1. The van der Waals surface area contributed by atoms with Gasteiger partial charge in [0, 0.05) is 49.4 Å². The second-order valence-electron chi connectivity index (χ2n) is 11.7. The van der Waals surface area contributed by atoms with Crippen LogP contribution in [0, 0.1) is 6.92 Å². The number of nitrogens with one attached hydrogen (secondary N) is 2. The van der Waals surface area contributed by atoms with Gasteiger partial charge in [0.15, 0.2) is 0 Å². The molecule has 0 bridgehead atoms. The number of hydrogen-bond donors (Lipinski definition) is 3. The van der Waals surface area contributed by atoms with Gasteiger partial charge in [0.2, 0.25) is 20.0 Å². The SMILES string of the molecule is Cc1c(COc2ccc(S(=O)(=O)NCC(C(=O)NO)N3CCN(S(C)(=O)=O)CC3)cc2)c2ccccc2n1C(=O)OC(C)(C)C. The molecule has 1 unspecified atom stereocenters. The number of rotatable bonds is 10. The van der Waals surface area contributed by atoms with Gasteiger partial charge >= 0.3 is 6.09 Å². The minimum atomic E-state index is -4.07. The summed E-state index contributed by atoms with van der Waals surface area (Å²) in [7, 11) is -7.47. The van der Waals surface area contributed by atoms with E-state index in [0.717, 1.165) is 17.2 Å². The fourth-order valence-corrected chi connectivity index (χ4v) is 6.98. The molecule has 16 heteroatoms. The number of sulfonamides is 2. The third-order valence-electron chi connectivity index (χ3n) is 7.40. The molecule has 246 valence electrons. The monoisotopic (exact) mass is 665 g/mol. The van der Waals surface area contributed by atoms with Crippen molar-refractivity contribution in [1.82, 2.24) is 24.0 Å². The highest BCUT2D eigenvalue weighted by molar-refractivity contribution is 7.89. The maximum atomic E-state index is 13.1. The Morgan fingerprint density at radius 3 is 2.18 bits per heavy atom. The summed E-state index contributed by atoms with van der Waals surface area (Å²) in [5.41, 5.74) is 3.00. The number of aromatic nitrogens is 1. The van der Waals surface area contributed by atoms with Crippen molar-refractivity contribution in [3.63, 3.8) is 0 Å². The van der Waals surface area contributed by atoms with Gasteiger partial charge in [-0.3, -0.25) is 14.9 Å². The van der Waals surface area contributed by atoms with Gasteiger partial charge < -0.3 is 9.47 Å². The van der Waals surface area contributed by atoms with E-state index in [1.807, 2.05) is 24.3 Å². The molecule has 4 rings (SSSR count). The molecule has 14 nitrogen and oxygen atoms in total. The Morgan fingerprint density at radius 1 is 0.978 bits per heavy atom. The molecule has 45 heavy (non-hydrogen) atoms. The smallest absolute Gasteiger partial charge is 0.419 e. The quantitative estimate of drug-likeness (QED) is 0.215. The fraction of sp³-hybridized carbons (Fsp3) is 0.448. The standard InChI is InChI=1S/C29H39N5O9S2/c1-20-24(23-8-6-7-9-25(23)34(20)28(36)43-29(2,3)4)19-42-21-10-12-22(13-11-21)45(40,41)30-18-26(27(35)31-37)32-14-16-33(17-15-32)44(5,38)39/h6-13,26,30,37H,14-19H2,1-5H3,(H,31,35). The van der Waals surface area contributed by atoms with Gasteiger partial charge in [0.25, 0.3) is 5.91 Å². The maximum absolute atomic E-state index is 13.1. The van der Waals surface area contributed by atoms with Crippen molar-refractivity contribution in [2.75, 3.05) is 39.0 Å². The zero-order chi connectivity index (χ0) is 33.2. The molecule has 1 amide bonds. The van der Waals surface area contributed by atoms with Crippen molar-refractivity contribution in [1.29, 1.82) is 0 Å². The van der Waals surface area contributed by atoms with Gasteiger partial charge in [-0.25, -0.2) is 36.4 Å². The van der Waals surface area contributed by atoms with Crippen LogP contribution in [0.1, 0.15) is 32.0 Å². The predicted molar refractivity (Wildman–Crippen MR) is 166 cm³/mol. The highest BCUT2D eigenvalue weighted by Gasteiger charge is 2.32. The number of amides is 1. The summed E-state index contributed by atoms with van der Waals surface area (Å²) in [5.74, 6) is -0.429. The number of nitrogens with zero attached hydrogens (tertiary/aromatic N) is 3. The van der Waals surface area contributed by atoms with E-state index in [4.69, 9.17) is 9.47 Å². The third-order valence-corrected chi connectivity index (χ3v) is 10.1. The zero-order valence-corrected chi connectivity index (χ0v) is 27.4. The normalized spacial score (nSPS) is 16.0. The lowest BCUT2D eigenvalue weighted by atomic mass is 10.1. The minimum absolute atomic E-state index is 0.0717. The summed E-state index contributed by atoms with van der Waals surface area (Å²) >= 11 is 0. The minimum Gasteiger partial charge on any atom is -0.489 e. The van der Waals surface area contributed by atoms with Crippen molar-refractivity contribution in [3.8, 4) is 5.75 Å². The molecule has 2 aromatic carbocycles. The molecule has 2 heterocycles. The van der Waals surface area contributed by atoms with Gasteiger partial charge in [-0.1, -0.05) is 18.2 Å². The van der Waals surface area contributed by atoms with Gasteiger partial charge in [-0.05, 0) is 58.0 Å². The van der Waals surface area contributed by atoms with E-state index in [9.17, 15) is 31.6 Å². The van der Waals surface area contributed by atoms with Crippen LogP contribution in [0.4, 0.5) is 4.79 Å². The molecule has 0 aliphatic carbocycles. The van der Waals surface area contributed by atoms with Gasteiger partial charge in [0.05, 0.1) is 16.7 Å². The topological polar surface area (TPSA) is 177 Å². The average molecular weight is 666 g/mol. The Morgan fingerprint density at radius 2 is 1.60 bits per heavy atom. The summed E-state index contributed by atoms with van der Waals surface area (Å²) in [6.45, 7) is 7.55. The molecule has 1 fully saturated rings. The molecule has 0 spiro atoms. The molecule has 1 aliphatic heterocycles. The number of hydroxylamine groups is 1. The van der Waals surface area contributed by atoms with Crippen molar-refractivity contribution in [2.24, 2.45) is 0 Å². The van der Waals surface area contributed by atoms with Gasteiger partial charge in [0.1, 0.15) is 24.0 Å². The first kappa shape index (κ1) is 34.3. The average Bonchev–Trinajstić information content (AvgIpc) is 3.26. The van der Waals surface area contributed by atoms with Crippen LogP contribution in [0.5, 0.6) is 5.75 Å². The Labute approximate surface area is 262 Å². The first-order valence-corrected chi connectivity index (χ1v) is 17.5. The summed E-state index contributed by atoms with van der Waals surface area (Å²) in [6, 6.07) is 12.1. The number of carbonyl (C=O) groups excluding carboxylic acids is 2. The lowest BCUT2D eigenvalue weighted by Gasteiger charge is -2.37. The lowest BCUT2D eigenvalue weighted by molar-refractivity contribution is -0.135. The van der Waals surface area contributed by atoms with Crippen molar-refractivity contribution in [2.45, 2.75) is 50.8 Å². The molecule has 1 atom stereocenters. The first-order valence-electron chi connectivity index (χ1n) is 14.2. The van der Waals surface area contributed by atoms with Crippen molar-refractivity contribution < 1.29 is 41.1 Å². The summed E-state index contributed by atoms with van der Waals surface area (Å²) < 4.78 is 66.5. The number of hydrogen-bond acceptors (Lipinski definition) is 10. The van der Waals surface area contributed by atoms with E-state index < -0.39 is 43.7 Å². The van der Waals surface area contributed by atoms with Crippen LogP contribution < -0.4 is 14.9 Å². The summed E-state index contributed by atoms with van der Waals surface area (Å²) in [5, 5.41) is 10.1. The Kier molecular flexibility index (Phi) is 10.3. The fourth-order valence-electron chi connectivity index (χ4n) is 5.11. The van der Waals surface area contributed by atoms with Gasteiger partial charge in [-0.15, -0.1) is 0 Å². The molecule has 3 N–H and O–H groups in total. The van der Waals surface area contributed by atoms with Crippen LogP contribution in [0.2, 0.25) is 0 Å². The highest BCUT2D eigenvalue weighted by atomic mass is 32.2. The van der Waals surface area contributed by atoms with Crippen LogP contribution >= 0.6 is 0 Å². The van der Waals surface area contributed by atoms with E-state index in [0.29, 0.717) is 17.0 Å². The second kappa shape index (κ2) is 13.4. The van der Waals surface area contributed by atoms with Gasteiger partial charge in [-0.2, -0.15) is 4.31 Å². The van der Waals surface area contributed by atoms with Crippen LogP contribution in [0.25, 0.3) is 10.9 Å². The molecule has 0 radical (unpaired) electrons. The largest absolute Gasteiger partial charge is 0.489 e. The number of fused-ring (bicyclic) bond motifs is 1.